The summed E-state index contributed by atoms with van der Waals surface area (Å²) in [5.74, 6) is 0. The lowest BCUT2D eigenvalue weighted by Gasteiger charge is -2.23. The van der Waals surface area contributed by atoms with Gasteiger partial charge in [-0.1, -0.05) is 0 Å². The number of hydrogen-bond acceptors (Lipinski definition) is 5. The van der Waals surface area contributed by atoms with E-state index in [1.807, 2.05) is 20.8 Å². The third-order valence-electron chi connectivity index (χ3n) is 2.48. The van der Waals surface area contributed by atoms with Gasteiger partial charge in [0.2, 0.25) is 0 Å². The minimum absolute atomic E-state index is 0.298. The van der Waals surface area contributed by atoms with Crippen LogP contribution in [0.3, 0.4) is 0 Å². The Balaban J connectivity index is 2.50. The molecule has 0 atom stereocenters. The van der Waals surface area contributed by atoms with Crippen LogP contribution in [0, 0.1) is 5.41 Å². The van der Waals surface area contributed by atoms with Crippen molar-refractivity contribution in [3.8, 4) is 0 Å². The average molecular weight is 269 g/mol. The van der Waals surface area contributed by atoms with Crippen molar-refractivity contribution < 1.29 is 14.3 Å². The maximum Gasteiger partial charge on any atom is 0.410 e. The van der Waals surface area contributed by atoms with Crippen molar-refractivity contribution in [3.63, 3.8) is 0 Å². The first-order valence-corrected chi connectivity index (χ1v) is 6.30. The molecular formula is C13H23N3O3. The van der Waals surface area contributed by atoms with Gasteiger partial charge >= 0.3 is 6.09 Å². The van der Waals surface area contributed by atoms with Gasteiger partial charge in [0.05, 0.1) is 25.4 Å². The molecule has 108 valence electrons. The van der Waals surface area contributed by atoms with Crippen molar-refractivity contribution in [2.75, 3.05) is 33.4 Å². The number of likely N-dealkylation sites (tertiary alicyclic amines) is 1. The van der Waals surface area contributed by atoms with Gasteiger partial charge in [0.25, 0.3) is 0 Å². The number of rotatable bonds is 4. The Morgan fingerprint density at radius 2 is 2.16 bits per heavy atom. The number of carbonyl (C=O) groups excluding carboxylic acids is 1. The van der Waals surface area contributed by atoms with Gasteiger partial charge in [-0.3, -0.25) is 4.90 Å². The fourth-order valence-electron chi connectivity index (χ4n) is 1.59. The van der Waals surface area contributed by atoms with E-state index in [-0.39, 0.29) is 6.09 Å². The van der Waals surface area contributed by atoms with E-state index in [1.54, 1.807) is 13.3 Å². The summed E-state index contributed by atoms with van der Waals surface area (Å²) in [6, 6.07) is 0. The molecule has 1 fully saturated rings. The number of carbonyl (C=O) groups is 1. The van der Waals surface area contributed by atoms with Crippen LogP contribution in [0.1, 0.15) is 20.8 Å². The highest BCUT2D eigenvalue weighted by atomic mass is 16.6. The van der Waals surface area contributed by atoms with Crippen LogP contribution in [-0.4, -0.2) is 55.7 Å². The maximum atomic E-state index is 11.9. The molecule has 6 nitrogen and oxygen atoms in total. The molecule has 0 unspecified atom stereocenters. The highest BCUT2D eigenvalue weighted by Crippen LogP contribution is 2.16. The number of ether oxygens (including phenoxy) is 2. The van der Waals surface area contributed by atoms with Gasteiger partial charge < -0.3 is 20.2 Å². The Morgan fingerprint density at radius 3 is 2.74 bits per heavy atom. The van der Waals surface area contributed by atoms with Crippen molar-refractivity contribution in [3.05, 3.63) is 11.8 Å². The van der Waals surface area contributed by atoms with E-state index in [4.69, 9.17) is 14.9 Å². The first-order chi connectivity index (χ1) is 8.83. The second-order valence-electron chi connectivity index (χ2n) is 5.43. The minimum atomic E-state index is -0.511. The zero-order chi connectivity index (χ0) is 14.5. The van der Waals surface area contributed by atoms with Crippen molar-refractivity contribution >= 4 is 11.8 Å². The first kappa shape index (κ1) is 15.5. The van der Waals surface area contributed by atoms with Crippen molar-refractivity contribution in [2.45, 2.75) is 26.4 Å². The van der Waals surface area contributed by atoms with E-state index in [2.05, 4.69) is 5.32 Å². The number of nitrogens with zero attached hydrogens (tertiary/aromatic N) is 1. The van der Waals surface area contributed by atoms with E-state index in [9.17, 15) is 4.79 Å². The van der Waals surface area contributed by atoms with Crippen molar-refractivity contribution in [1.29, 1.82) is 5.41 Å². The summed E-state index contributed by atoms with van der Waals surface area (Å²) in [4.78, 5) is 13.4. The molecule has 0 bridgehead atoms. The molecule has 1 amide bonds. The largest absolute Gasteiger partial charge is 0.444 e. The lowest BCUT2D eigenvalue weighted by molar-refractivity contribution is 0.0309. The molecular weight excluding hydrogens is 246 g/mol. The summed E-state index contributed by atoms with van der Waals surface area (Å²) >= 11 is 0. The fourth-order valence-corrected chi connectivity index (χ4v) is 1.59. The van der Waals surface area contributed by atoms with Gasteiger partial charge in [-0.05, 0) is 20.8 Å². The predicted molar refractivity (Wildman–Crippen MR) is 73.5 cm³/mol. The van der Waals surface area contributed by atoms with Gasteiger partial charge in [-0.25, -0.2) is 4.79 Å². The summed E-state index contributed by atoms with van der Waals surface area (Å²) in [7, 11) is 1.64. The van der Waals surface area contributed by atoms with Crippen LogP contribution in [0.4, 0.5) is 4.79 Å². The van der Waals surface area contributed by atoms with Crippen LogP contribution in [0.5, 0.6) is 0 Å². The zero-order valence-electron chi connectivity index (χ0n) is 12.1. The lowest BCUT2D eigenvalue weighted by atomic mass is 10.2. The number of methoxy groups -OCH3 is 1. The monoisotopic (exact) mass is 269 g/mol. The van der Waals surface area contributed by atoms with E-state index < -0.39 is 5.60 Å². The SMILES string of the molecule is COCCN/C=C1/CN(C(=O)OC(C)(C)C)CC1=N. The fraction of sp³-hybridized carbons (Fsp3) is 0.692. The Labute approximate surface area is 114 Å². The molecule has 0 aliphatic carbocycles. The molecule has 1 heterocycles. The Hall–Kier alpha value is -1.56. The maximum absolute atomic E-state index is 11.9. The molecule has 0 radical (unpaired) electrons. The van der Waals surface area contributed by atoms with E-state index in [0.717, 1.165) is 5.57 Å². The topological polar surface area (TPSA) is 74.7 Å². The summed E-state index contributed by atoms with van der Waals surface area (Å²) in [5, 5.41) is 10.9. The molecule has 19 heavy (non-hydrogen) atoms. The van der Waals surface area contributed by atoms with Crippen LogP contribution >= 0.6 is 0 Å². The molecule has 0 aromatic rings. The Morgan fingerprint density at radius 1 is 1.47 bits per heavy atom. The summed E-state index contributed by atoms with van der Waals surface area (Å²) < 4.78 is 10.2. The van der Waals surface area contributed by atoms with E-state index >= 15 is 0 Å². The molecule has 0 saturated carbocycles. The zero-order valence-corrected chi connectivity index (χ0v) is 12.1. The standard InChI is InChI=1S/C13H23N3O3/c1-13(2,3)19-12(17)16-8-10(11(14)9-16)7-15-5-6-18-4/h7,14-15H,5-6,8-9H2,1-4H3/b10-7-,14-11?. The van der Waals surface area contributed by atoms with Crippen LogP contribution in [0.25, 0.3) is 0 Å². The number of amides is 1. The third-order valence-corrected chi connectivity index (χ3v) is 2.48. The second kappa shape index (κ2) is 6.56. The normalized spacial score (nSPS) is 18.0. The quantitative estimate of drug-likeness (QED) is 0.756. The van der Waals surface area contributed by atoms with Crippen LogP contribution in [0.2, 0.25) is 0 Å². The lowest BCUT2D eigenvalue weighted by Crippen LogP contribution is -2.35. The van der Waals surface area contributed by atoms with Gasteiger partial charge in [-0.2, -0.15) is 0 Å². The summed E-state index contributed by atoms with van der Waals surface area (Å²) in [6.45, 7) is 7.48. The molecule has 6 heteroatoms. The molecule has 0 spiro atoms. The number of hydrogen-bond donors (Lipinski definition) is 2. The Kier molecular flexibility index (Phi) is 5.35. The molecule has 0 aromatic heterocycles. The molecule has 1 aliphatic rings. The Bertz CT molecular complexity index is 372. The summed E-state index contributed by atoms with van der Waals surface area (Å²) in [5.41, 5.74) is 0.736. The summed E-state index contributed by atoms with van der Waals surface area (Å²) in [6.07, 6.45) is 1.39. The minimum Gasteiger partial charge on any atom is -0.444 e. The second-order valence-corrected chi connectivity index (χ2v) is 5.43. The molecule has 2 N–H and O–H groups in total. The van der Waals surface area contributed by atoms with Crippen molar-refractivity contribution in [2.24, 2.45) is 0 Å². The highest BCUT2D eigenvalue weighted by molar-refractivity contribution is 6.03. The van der Waals surface area contributed by atoms with E-state index in [1.165, 1.54) is 4.90 Å². The van der Waals surface area contributed by atoms with Gasteiger partial charge in [0.1, 0.15) is 5.60 Å². The van der Waals surface area contributed by atoms with Crippen LogP contribution in [0.15, 0.2) is 11.8 Å². The third kappa shape index (κ3) is 5.30. The van der Waals surface area contributed by atoms with Gasteiger partial charge in [0.15, 0.2) is 0 Å². The van der Waals surface area contributed by atoms with Crippen molar-refractivity contribution in [1.82, 2.24) is 10.2 Å². The highest BCUT2D eigenvalue weighted by Gasteiger charge is 2.29. The predicted octanol–water partition coefficient (Wildman–Crippen LogP) is 1.38. The number of nitrogens with one attached hydrogen (secondary N) is 2. The molecule has 1 aliphatic heterocycles. The first-order valence-electron chi connectivity index (χ1n) is 6.30. The van der Waals surface area contributed by atoms with E-state index in [0.29, 0.717) is 32.0 Å². The van der Waals surface area contributed by atoms with Gasteiger partial charge in [0, 0.05) is 25.4 Å². The molecule has 1 rings (SSSR count). The molecule has 1 saturated heterocycles. The van der Waals surface area contributed by atoms with Crippen LogP contribution < -0.4 is 5.32 Å². The molecule has 0 aromatic carbocycles. The van der Waals surface area contributed by atoms with Crippen LogP contribution in [-0.2, 0) is 9.47 Å². The average Bonchev–Trinajstić information content (AvgIpc) is 2.64. The van der Waals surface area contributed by atoms with Gasteiger partial charge in [-0.15, -0.1) is 0 Å². The smallest absolute Gasteiger partial charge is 0.410 e.